The number of ether oxygens (including phenoxy) is 3. The van der Waals surface area contributed by atoms with E-state index in [0.29, 0.717) is 61.3 Å². The Morgan fingerprint density at radius 1 is 1.07 bits per heavy atom. The van der Waals surface area contributed by atoms with E-state index >= 15 is 0 Å². The normalized spacial score (nSPS) is 23.0. The molecule has 1 saturated heterocycles. The van der Waals surface area contributed by atoms with E-state index in [1.807, 2.05) is 6.07 Å². The van der Waals surface area contributed by atoms with Gasteiger partial charge in [-0.05, 0) is 24.3 Å². The third-order valence-electron chi connectivity index (χ3n) is 5.80. The van der Waals surface area contributed by atoms with Gasteiger partial charge in [0.2, 0.25) is 6.79 Å². The molecule has 3 aliphatic rings. The van der Waals surface area contributed by atoms with Crippen molar-refractivity contribution in [3.63, 3.8) is 0 Å². The largest absolute Gasteiger partial charge is 0.454 e. The van der Waals surface area contributed by atoms with Crippen LogP contribution >= 0.6 is 0 Å². The van der Waals surface area contributed by atoms with Crippen LogP contribution in [-0.2, 0) is 15.1 Å². The van der Waals surface area contributed by atoms with Crippen molar-refractivity contribution in [3.05, 3.63) is 53.6 Å². The molecule has 30 heavy (non-hydrogen) atoms. The lowest BCUT2D eigenvalue weighted by atomic mass is 9.88. The highest BCUT2D eigenvalue weighted by atomic mass is 16.7. The Bertz CT molecular complexity index is 1000. The molecular formula is C22H22N2O6. The SMILES string of the molecule is O=C(CC1(O)C(=O)N(CN2CCOCC2)c2ccccc21)c1ccc2c(c1)OCO2. The minimum atomic E-state index is -1.91. The summed E-state index contributed by atoms with van der Waals surface area (Å²) in [6, 6.07) is 12.0. The maximum atomic E-state index is 13.3. The van der Waals surface area contributed by atoms with Gasteiger partial charge in [-0.15, -0.1) is 0 Å². The zero-order valence-electron chi connectivity index (χ0n) is 16.4. The Balaban J connectivity index is 1.42. The molecule has 0 aromatic heterocycles. The molecule has 0 bridgehead atoms. The molecule has 1 unspecified atom stereocenters. The van der Waals surface area contributed by atoms with Gasteiger partial charge >= 0.3 is 0 Å². The van der Waals surface area contributed by atoms with Crippen LogP contribution in [0.15, 0.2) is 42.5 Å². The summed E-state index contributed by atoms with van der Waals surface area (Å²) in [5.74, 6) is 0.237. The lowest BCUT2D eigenvalue weighted by Gasteiger charge is -2.31. The van der Waals surface area contributed by atoms with Gasteiger partial charge in [0.05, 0.1) is 32.0 Å². The molecule has 0 radical (unpaired) electrons. The maximum absolute atomic E-state index is 13.3. The second-order valence-corrected chi connectivity index (χ2v) is 7.65. The summed E-state index contributed by atoms with van der Waals surface area (Å²) in [4.78, 5) is 30.0. The summed E-state index contributed by atoms with van der Waals surface area (Å²) < 4.78 is 16.0. The van der Waals surface area contributed by atoms with Crippen molar-refractivity contribution < 1.29 is 28.9 Å². The first-order valence-electron chi connectivity index (χ1n) is 9.93. The smallest absolute Gasteiger partial charge is 0.265 e. The average molecular weight is 410 g/mol. The number of hydrogen-bond donors (Lipinski definition) is 1. The molecule has 156 valence electrons. The van der Waals surface area contributed by atoms with Crippen LogP contribution in [0.3, 0.4) is 0 Å². The Morgan fingerprint density at radius 2 is 1.83 bits per heavy atom. The molecule has 2 aromatic rings. The number of aliphatic hydroxyl groups is 1. The van der Waals surface area contributed by atoms with E-state index < -0.39 is 11.5 Å². The first kappa shape index (κ1) is 19.0. The Hall–Kier alpha value is -2.94. The van der Waals surface area contributed by atoms with Gasteiger partial charge in [0.1, 0.15) is 0 Å². The zero-order valence-corrected chi connectivity index (χ0v) is 16.4. The van der Waals surface area contributed by atoms with Crippen molar-refractivity contribution in [1.82, 2.24) is 4.90 Å². The summed E-state index contributed by atoms with van der Waals surface area (Å²) >= 11 is 0. The standard InChI is InChI=1S/C22H22N2O6/c25-18(15-5-6-19-20(11-15)30-14-29-19)12-22(27)16-3-1-2-4-17(16)24(21(22)26)13-23-7-9-28-10-8-23/h1-6,11,27H,7-10,12-14H2. The number of nitrogens with zero attached hydrogens (tertiary/aromatic N) is 2. The number of hydrogen-bond acceptors (Lipinski definition) is 7. The van der Waals surface area contributed by atoms with Crippen molar-refractivity contribution in [2.24, 2.45) is 0 Å². The van der Waals surface area contributed by atoms with Gasteiger partial charge in [-0.2, -0.15) is 0 Å². The molecule has 2 aromatic carbocycles. The van der Waals surface area contributed by atoms with Gasteiger partial charge in [-0.1, -0.05) is 18.2 Å². The fraction of sp³-hybridized carbons (Fsp3) is 0.364. The highest BCUT2D eigenvalue weighted by molar-refractivity contribution is 6.10. The summed E-state index contributed by atoms with van der Waals surface area (Å²) in [6.07, 6.45) is -0.345. The van der Waals surface area contributed by atoms with Crippen LogP contribution in [0.2, 0.25) is 0 Å². The van der Waals surface area contributed by atoms with Gasteiger partial charge in [0.15, 0.2) is 22.9 Å². The fourth-order valence-corrected chi connectivity index (χ4v) is 4.16. The molecule has 1 N–H and O–H groups in total. The first-order chi connectivity index (χ1) is 14.6. The molecule has 5 rings (SSSR count). The number of benzene rings is 2. The Morgan fingerprint density at radius 3 is 2.67 bits per heavy atom. The number of amides is 1. The van der Waals surface area contributed by atoms with E-state index in [-0.39, 0.29) is 19.0 Å². The van der Waals surface area contributed by atoms with Gasteiger partial charge in [-0.25, -0.2) is 0 Å². The van der Waals surface area contributed by atoms with Crippen molar-refractivity contribution >= 4 is 17.4 Å². The highest BCUT2D eigenvalue weighted by Crippen LogP contribution is 2.43. The van der Waals surface area contributed by atoms with Gasteiger partial charge in [0.25, 0.3) is 5.91 Å². The number of anilines is 1. The summed E-state index contributed by atoms with van der Waals surface area (Å²) in [6.45, 7) is 3.09. The van der Waals surface area contributed by atoms with E-state index in [1.54, 1.807) is 41.3 Å². The molecule has 0 spiro atoms. The van der Waals surface area contributed by atoms with Gasteiger partial charge < -0.3 is 19.3 Å². The molecule has 1 amide bonds. The van der Waals surface area contributed by atoms with Crippen molar-refractivity contribution in [2.45, 2.75) is 12.0 Å². The second kappa shape index (κ2) is 7.39. The van der Waals surface area contributed by atoms with Crippen molar-refractivity contribution in [1.29, 1.82) is 0 Å². The first-order valence-corrected chi connectivity index (χ1v) is 9.93. The minimum absolute atomic E-state index is 0.110. The van der Waals surface area contributed by atoms with Crippen LogP contribution in [-0.4, -0.2) is 61.5 Å². The predicted molar refractivity (Wildman–Crippen MR) is 107 cm³/mol. The minimum Gasteiger partial charge on any atom is -0.454 e. The fourth-order valence-electron chi connectivity index (χ4n) is 4.16. The number of para-hydroxylation sites is 1. The topological polar surface area (TPSA) is 88.5 Å². The Kier molecular flexibility index (Phi) is 4.69. The van der Waals surface area contributed by atoms with Crippen LogP contribution < -0.4 is 14.4 Å². The van der Waals surface area contributed by atoms with Crippen LogP contribution in [0.1, 0.15) is 22.3 Å². The lowest BCUT2D eigenvalue weighted by molar-refractivity contribution is -0.136. The van der Waals surface area contributed by atoms with E-state index in [9.17, 15) is 14.7 Å². The predicted octanol–water partition coefficient (Wildman–Crippen LogP) is 1.51. The number of ketones is 1. The lowest BCUT2D eigenvalue weighted by Crippen LogP contribution is -2.49. The summed E-state index contributed by atoms with van der Waals surface area (Å²) in [5, 5.41) is 11.4. The molecule has 3 heterocycles. The van der Waals surface area contributed by atoms with Crippen LogP contribution in [0, 0.1) is 0 Å². The molecule has 0 saturated carbocycles. The van der Waals surface area contributed by atoms with E-state index in [1.165, 1.54) is 0 Å². The molecule has 1 fully saturated rings. The van der Waals surface area contributed by atoms with Crippen molar-refractivity contribution in [2.75, 3.05) is 44.7 Å². The molecule has 8 heteroatoms. The third-order valence-corrected chi connectivity index (χ3v) is 5.80. The number of morpholine rings is 1. The highest BCUT2D eigenvalue weighted by Gasteiger charge is 2.51. The summed E-state index contributed by atoms with van der Waals surface area (Å²) in [5.41, 5.74) is -0.451. The van der Waals surface area contributed by atoms with Crippen LogP contribution in [0.5, 0.6) is 11.5 Å². The van der Waals surface area contributed by atoms with Crippen LogP contribution in [0.25, 0.3) is 0 Å². The van der Waals surface area contributed by atoms with E-state index in [2.05, 4.69) is 4.90 Å². The molecule has 8 nitrogen and oxygen atoms in total. The molecule has 3 aliphatic heterocycles. The second-order valence-electron chi connectivity index (χ2n) is 7.65. The van der Waals surface area contributed by atoms with Gasteiger partial charge in [-0.3, -0.25) is 19.4 Å². The van der Waals surface area contributed by atoms with Crippen molar-refractivity contribution in [3.8, 4) is 11.5 Å². The average Bonchev–Trinajstić information content (AvgIpc) is 3.32. The number of Topliss-reactive ketones (excluding diaryl/α,β-unsaturated/α-hetero) is 1. The molecular weight excluding hydrogens is 388 g/mol. The zero-order chi connectivity index (χ0) is 20.7. The summed E-state index contributed by atoms with van der Waals surface area (Å²) in [7, 11) is 0. The van der Waals surface area contributed by atoms with E-state index in [0.717, 1.165) is 0 Å². The number of carbonyl (C=O) groups excluding carboxylic acids is 2. The molecule has 0 aliphatic carbocycles. The third kappa shape index (κ3) is 3.13. The molecule has 1 atom stereocenters. The Labute approximate surface area is 173 Å². The van der Waals surface area contributed by atoms with Gasteiger partial charge in [0, 0.05) is 24.2 Å². The maximum Gasteiger partial charge on any atom is 0.265 e. The van der Waals surface area contributed by atoms with Crippen LogP contribution in [0.4, 0.5) is 5.69 Å². The van der Waals surface area contributed by atoms with E-state index in [4.69, 9.17) is 14.2 Å². The number of fused-ring (bicyclic) bond motifs is 2. The quantitative estimate of drug-likeness (QED) is 0.748. The number of rotatable bonds is 5. The number of carbonyl (C=O) groups is 2. The monoisotopic (exact) mass is 410 g/mol.